The first-order chi connectivity index (χ1) is 10.4. The number of hydrogen-bond donors (Lipinski definition) is 0. The highest BCUT2D eigenvalue weighted by Gasteiger charge is 2.28. The summed E-state index contributed by atoms with van der Waals surface area (Å²) in [6, 6.07) is 5.65. The molecule has 118 valence electrons. The lowest BCUT2D eigenvalue weighted by molar-refractivity contribution is -0.121. The third-order valence-corrected chi connectivity index (χ3v) is 4.40. The molecular formula is C16H19NO3S2. The molecule has 1 heterocycles. The standard InChI is InChI=1S/C16H19NO3S2/c1-5-19-13-8-11(6-7-12(13)20-10(2)3)9-14-15(18)17(4)16(21)22-14/h6-10H,5H2,1-4H3/b14-9-. The minimum absolute atomic E-state index is 0.0707. The largest absolute Gasteiger partial charge is 0.490 e. The summed E-state index contributed by atoms with van der Waals surface area (Å²) in [5.74, 6) is 1.31. The van der Waals surface area contributed by atoms with Gasteiger partial charge in [0.1, 0.15) is 4.32 Å². The summed E-state index contributed by atoms with van der Waals surface area (Å²) in [5, 5.41) is 0. The predicted molar refractivity (Wildman–Crippen MR) is 94.3 cm³/mol. The predicted octanol–water partition coefficient (Wildman–Crippen LogP) is 3.70. The van der Waals surface area contributed by atoms with E-state index in [1.54, 1.807) is 7.05 Å². The van der Waals surface area contributed by atoms with E-state index >= 15 is 0 Å². The summed E-state index contributed by atoms with van der Waals surface area (Å²) in [6.07, 6.45) is 1.89. The third-order valence-electron chi connectivity index (χ3n) is 2.91. The molecule has 1 aromatic carbocycles. The maximum Gasteiger partial charge on any atom is 0.265 e. The highest BCUT2D eigenvalue weighted by Crippen LogP contribution is 2.34. The lowest BCUT2D eigenvalue weighted by atomic mass is 10.2. The van der Waals surface area contributed by atoms with Crippen LogP contribution in [0.5, 0.6) is 11.5 Å². The maximum atomic E-state index is 12.0. The Morgan fingerprint density at radius 1 is 1.36 bits per heavy atom. The van der Waals surface area contributed by atoms with Crippen LogP contribution in [0.25, 0.3) is 6.08 Å². The SMILES string of the molecule is CCOc1cc(/C=C2\SC(=S)N(C)C2=O)ccc1OC(C)C. The van der Waals surface area contributed by atoms with Crippen molar-refractivity contribution in [2.75, 3.05) is 13.7 Å². The van der Waals surface area contributed by atoms with E-state index < -0.39 is 0 Å². The van der Waals surface area contributed by atoms with Crippen molar-refractivity contribution in [1.29, 1.82) is 0 Å². The molecule has 1 aliphatic heterocycles. The number of rotatable bonds is 5. The molecule has 0 saturated carbocycles. The number of thiocarbonyl (C=S) groups is 1. The molecule has 1 fully saturated rings. The van der Waals surface area contributed by atoms with Gasteiger partial charge in [0.25, 0.3) is 5.91 Å². The van der Waals surface area contributed by atoms with Gasteiger partial charge in [0.05, 0.1) is 17.6 Å². The Bertz CT molecular complexity index is 626. The van der Waals surface area contributed by atoms with Gasteiger partial charge in [0, 0.05) is 7.05 Å². The topological polar surface area (TPSA) is 38.8 Å². The van der Waals surface area contributed by atoms with E-state index in [1.165, 1.54) is 16.7 Å². The first kappa shape index (κ1) is 16.8. The molecule has 0 spiro atoms. The van der Waals surface area contributed by atoms with E-state index in [4.69, 9.17) is 21.7 Å². The van der Waals surface area contributed by atoms with Crippen LogP contribution in [0.1, 0.15) is 26.3 Å². The second-order valence-corrected chi connectivity index (χ2v) is 6.72. The van der Waals surface area contributed by atoms with Crippen LogP contribution in [0.4, 0.5) is 0 Å². The minimum atomic E-state index is -0.0736. The van der Waals surface area contributed by atoms with Gasteiger partial charge in [-0.2, -0.15) is 0 Å². The fourth-order valence-electron chi connectivity index (χ4n) is 1.93. The number of hydrogen-bond acceptors (Lipinski definition) is 5. The van der Waals surface area contributed by atoms with Crippen LogP contribution in [0.3, 0.4) is 0 Å². The molecule has 22 heavy (non-hydrogen) atoms. The Hall–Kier alpha value is -1.53. The van der Waals surface area contributed by atoms with Crippen molar-refractivity contribution in [2.24, 2.45) is 0 Å². The highest BCUT2D eigenvalue weighted by molar-refractivity contribution is 8.26. The molecule has 0 atom stereocenters. The molecular weight excluding hydrogens is 318 g/mol. The van der Waals surface area contributed by atoms with Crippen molar-refractivity contribution in [3.05, 3.63) is 28.7 Å². The molecule has 1 amide bonds. The molecule has 0 bridgehead atoms. The monoisotopic (exact) mass is 337 g/mol. The van der Waals surface area contributed by atoms with E-state index in [1.807, 2.05) is 45.0 Å². The van der Waals surface area contributed by atoms with Crippen molar-refractivity contribution in [1.82, 2.24) is 4.90 Å². The average Bonchev–Trinajstić information content (AvgIpc) is 2.69. The molecule has 4 nitrogen and oxygen atoms in total. The fraction of sp³-hybridized carbons (Fsp3) is 0.375. The van der Waals surface area contributed by atoms with E-state index in [0.717, 1.165) is 5.56 Å². The van der Waals surface area contributed by atoms with Crippen LogP contribution in [0, 0.1) is 0 Å². The van der Waals surface area contributed by atoms with Crippen LogP contribution in [-0.4, -0.2) is 34.9 Å². The van der Waals surface area contributed by atoms with E-state index in [-0.39, 0.29) is 12.0 Å². The number of likely N-dealkylation sites (N-methyl/N-ethyl adjacent to an activating group) is 1. The molecule has 1 saturated heterocycles. The molecule has 1 aromatic rings. The number of nitrogens with zero attached hydrogens (tertiary/aromatic N) is 1. The average molecular weight is 337 g/mol. The van der Waals surface area contributed by atoms with Gasteiger partial charge < -0.3 is 9.47 Å². The van der Waals surface area contributed by atoms with E-state index in [0.29, 0.717) is 27.3 Å². The zero-order valence-electron chi connectivity index (χ0n) is 13.1. The number of thioether (sulfide) groups is 1. The summed E-state index contributed by atoms with van der Waals surface area (Å²) >= 11 is 6.44. The van der Waals surface area contributed by atoms with Crippen LogP contribution < -0.4 is 9.47 Å². The van der Waals surface area contributed by atoms with Gasteiger partial charge in [-0.15, -0.1) is 0 Å². The smallest absolute Gasteiger partial charge is 0.265 e. The number of carbonyl (C=O) groups excluding carboxylic acids is 1. The Morgan fingerprint density at radius 3 is 2.64 bits per heavy atom. The van der Waals surface area contributed by atoms with Gasteiger partial charge >= 0.3 is 0 Å². The molecule has 2 rings (SSSR count). The quantitative estimate of drug-likeness (QED) is 0.605. The first-order valence-electron chi connectivity index (χ1n) is 7.07. The van der Waals surface area contributed by atoms with Gasteiger partial charge in [0.2, 0.25) is 0 Å². The molecule has 0 unspecified atom stereocenters. The summed E-state index contributed by atoms with van der Waals surface area (Å²) in [7, 11) is 1.68. The van der Waals surface area contributed by atoms with E-state index in [2.05, 4.69) is 0 Å². The number of ether oxygens (including phenoxy) is 2. The Kier molecular flexibility index (Phi) is 5.47. The van der Waals surface area contributed by atoms with Crippen molar-refractivity contribution in [3.8, 4) is 11.5 Å². The Labute approximate surface area is 140 Å². The van der Waals surface area contributed by atoms with Gasteiger partial charge in [-0.3, -0.25) is 9.69 Å². The minimum Gasteiger partial charge on any atom is -0.490 e. The Balaban J connectivity index is 2.31. The maximum absolute atomic E-state index is 12.0. The number of benzene rings is 1. The van der Waals surface area contributed by atoms with Crippen molar-refractivity contribution in [3.63, 3.8) is 0 Å². The van der Waals surface area contributed by atoms with Crippen molar-refractivity contribution < 1.29 is 14.3 Å². The van der Waals surface area contributed by atoms with Gasteiger partial charge in [-0.1, -0.05) is 30.0 Å². The fourth-order valence-corrected chi connectivity index (χ4v) is 3.11. The molecule has 0 N–H and O–H groups in total. The number of carbonyl (C=O) groups is 1. The van der Waals surface area contributed by atoms with Crippen LogP contribution >= 0.6 is 24.0 Å². The normalized spacial score (nSPS) is 16.8. The van der Waals surface area contributed by atoms with Crippen LogP contribution in [0.15, 0.2) is 23.1 Å². The molecule has 0 aromatic heterocycles. The summed E-state index contributed by atoms with van der Waals surface area (Å²) in [5.41, 5.74) is 0.883. The van der Waals surface area contributed by atoms with Crippen LogP contribution in [-0.2, 0) is 4.79 Å². The molecule has 6 heteroatoms. The number of amides is 1. The summed E-state index contributed by atoms with van der Waals surface area (Å²) in [6.45, 7) is 6.41. The van der Waals surface area contributed by atoms with Gasteiger partial charge in [-0.25, -0.2) is 0 Å². The molecule has 0 radical (unpaired) electrons. The lowest BCUT2D eigenvalue weighted by Gasteiger charge is -2.15. The third kappa shape index (κ3) is 3.81. The van der Waals surface area contributed by atoms with Crippen LogP contribution in [0.2, 0.25) is 0 Å². The summed E-state index contributed by atoms with van der Waals surface area (Å²) < 4.78 is 11.9. The zero-order valence-corrected chi connectivity index (χ0v) is 14.7. The lowest BCUT2D eigenvalue weighted by Crippen LogP contribution is -2.22. The van der Waals surface area contributed by atoms with Gasteiger partial charge in [0.15, 0.2) is 11.5 Å². The first-order valence-corrected chi connectivity index (χ1v) is 8.30. The van der Waals surface area contributed by atoms with E-state index in [9.17, 15) is 4.79 Å². The Morgan fingerprint density at radius 2 is 2.09 bits per heavy atom. The second kappa shape index (κ2) is 7.15. The molecule has 1 aliphatic rings. The van der Waals surface area contributed by atoms with Crippen molar-refractivity contribution >= 4 is 40.3 Å². The zero-order chi connectivity index (χ0) is 16.3. The van der Waals surface area contributed by atoms with Crippen molar-refractivity contribution in [2.45, 2.75) is 26.9 Å². The summed E-state index contributed by atoms with van der Waals surface area (Å²) in [4.78, 5) is 14.1. The van der Waals surface area contributed by atoms with Gasteiger partial charge in [-0.05, 0) is 44.5 Å². The highest BCUT2D eigenvalue weighted by atomic mass is 32.2. The molecule has 0 aliphatic carbocycles. The second-order valence-electron chi connectivity index (χ2n) is 5.05.